The Kier molecular flexibility index (Phi) is 24.5. The van der Waals surface area contributed by atoms with E-state index in [4.69, 9.17) is 9.05 Å². The molecular formula is C47H72N7O13P. The Morgan fingerprint density at radius 2 is 1.35 bits per heavy atom. The average molecular weight is 974 g/mol. The van der Waals surface area contributed by atoms with E-state index in [-0.39, 0.29) is 46.9 Å². The van der Waals surface area contributed by atoms with Crippen molar-refractivity contribution in [1.82, 2.24) is 36.4 Å². The molecule has 1 aliphatic rings. The van der Waals surface area contributed by atoms with Crippen molar-refractivity contribution in [1.29, 1.82) is 0 Å². The van der Waals surface area contributed by atoms with Gasteiger partial charge in [0.15, 0.2) is 0 Å². The van der Waals surface area contributed by atoms with E-state index in [0.717, 1.165) is 43.3 Å². The molecule has 21 heteroatoms. The fourth-order valence-electron chi connectivity index (χ4n) is 7.69. The van der Waals surface area contributed by atoms with Gasteiger partial charge < -0.3 is 60.8 Å². The molecule has 3 rings (SSSR count). The number of phenolic OH excluding ortho intramolecular Hbond substituents is 2. The summed E-state index contributed by atoms with van der Waals surface area (Å²) in [6.07, 6.45) is 14.6. The Morgan fingerprint density at radius 1 is 0.779 bits per heavy atom. The highest BCUT2D eigenvalue weighted by Gasteiger charge is 2.32. The number of fused-ring (bicyclic) bond motifs is 5. The molecule has 2 aromatic carbocycles. The molecule has 0 saturated carbocycles. The summed E-state index contributed by atoms with van der Waals surface area (Å²) >= 11 is 0. The Labute approximate surface area is 399 Å². The highest BCUT2D eigenvalue weighted by Crippen LogP contribution is 2.45. The van der Waals surface area contributed by atoms with Gasteiger partial charge in [-0.3, -0.25) is 38.1 Å². The maximum atomic E-state index is 13.9. The highest BCUT2D eigenvalue weighted by atomic mass is 31.2. The molecule has 0 radical (unpaired) electrons. The van der Waals surface area contributed by atoms with E-state index >= 15 is 0 Å². The zero-order chi connectivity index (χ0) is 50.2. The van der Waals surface area contributed by atoms with E-state index in [1.54, 1.807) is 0 Å². The Hall–Kier alpha value is -5.56. The summed E-state index contributed by atoms with van der Waals surface area (Å²) in [5, 5.41) is 44.0. The zero-order valence-corrected chi connectivity index (χ0v) is 41.0. The van der Waals surface area contributed by atoms with E-state index in [9.17, 15) is 53.4 Å². The Balaban J connectivity index is 1.61. The van der Waals surface area contributed by atoms with E-state index in [1.807, 2.05) is 0 Å². The zero-order valence-electron chi connectivity index (χ0n) is 40.1. The third-order valence-corrected chi connectivity index (χ3v) is 13.6. The lowest BCUT2D eigenvalue weighted by Crippen LogP contribution is -2.52. The lowest BCUT2D eigenvalue weighted by Gasteiger charge is -2.29. The van der Waals surface area contributed by atoms with Crippen molar-refractivity contribution in [3.63, 3.8) is 0 Å². The predicted molar refractivity (Wildman–Crippen MR) is 254 cm³/mol. The van der Waals surface area contributed by atoms with Crippen LogP contribution in [0.25, 0.3) is 11.1 Å². The standard InChI is InChI=1S/C47H72N7O13P/c1-6-7-8-9-10-11-12-13-14-15-16-17-18-19-42(60)53(2)37(30-55)46(63)49-27-40(58)48-29-43(61)54(3)44-33-21-23-39(57)35(26-33)34-24-32(20-22-38(34)56)25-36(52-41(59)28-50-47(44)64)45(62)51-31-68(65,66-4)67-5/h20-24,26,36-37,44,55-57H,6-19,25,27-31H2,1-5H3,(H,48,58)(H,49,63)(H,50,64)(H,51,62)(H,52,59). The highest BCUT2D eigenvalue weighted by molar-refractivity contribution is 7.53. The summed E-state index contributed by atoms with van der Waals surface area (Å²) in [5.41, 5.74) is 0.715. The van der Waals surface area contributed by atoms with Gasteiger partial charge in [0.1, 0.15) is 35.9 Å². The van der Waals surface area contributed by atoms with Gasteiger partial charge in [-0.2, -0.15) is 0 Å². The molecule has 0 saturated heterocycles. The first kappa shape index (κ1) is 56.8. The van der Waals surface area contributed by atoms with Gasteiger partial charge >= 0.3 is 7.60 Å². The minimum Gasteiger partial charge on any atom is -0.507 e. The van der Waals surface area contributed by atoms with Crippen LogP contribution in [-0.4, -0.2) is 139 Å². The minimum atomic E-state index is -3.69. The van der Waals surface area contributed by atoms with Gasteiger partial charge in [0.05, 0.1) is 26.2 Å². The second-order valence-corrected chi connectivity index (χ2v) is 19.2. The number of likely N-dealkylation sites (N-methyl/N-ethyl adjacent to an activating group) is 2. The number of nitrogens with zero attached hydrogens (tertiary/aromatic N) is 2. The predicted octanol–water partition coefficient (Wildman–Crippen LogP) is 3.51. The summed E-state index contributed by atoms with van der Waals surface area (Å²) in [5.74, 6) is -5.72. The molecular weight excluding hydrogens is 902 g/mol. The van der Waals surface area contributed by atoms with Crippen LogP contribution in [0.2, 0.25) is 0 Å². The number of nitrogens with one attached hydrogen (secondary N) is 5. The third-order valence-electron chi connectivity index (χ3n) is 11.9. The smallest absolute Gasteiger partial charge is 0.349 e. The Morgan fingerprint density at radius 3 is 1.94 bits per heavy atom. The Bertz CT molecular complexity index is 2060. The van der Waals surface area contributed by atoms with Crippen molar-refractivity contribution in [2.24, 2.45) is 0 Å². The van der Waals surface area contributed by atoms with Crippen LogP contribution in [0.1, 0.15) is 114 Å². The number of aromatic hydroxyl groups is 2. The molecule has 1 heterocycles. The summed E-state index contributed by atoms with van der Waals surface area (Å²) < 4.78 is 22.3. The topological polar surface area (TPSA) is 282 Å². The van der Waals surface area contributed by atoms with Crippen LogP contribution in [0.3, 0.4) is 0 Å². The quantitative estimate of drug-likeness (QED) is 0.0471. The molecule has 2 aromatic rings. The molecule has 1 aliphatic heterocycles. The number of hydrogen-bond acceptors (Lipinski definition) is 13. The van der Waals surface area contributed by atoms with Gasteiger partial charge in [0.2, 0.25) is 41.4 Å². The largest absolute Gasteiger partial charge is 0.507 e. The molecule has 68 heavy (non-hydrogen) atoms. The normalized spacial score (nSPS) is 15.5. The van der Waals surface area contributed by atoms with Crippen molar-refractivity contribution in [2.45, 2.75) is 121 Å². The molecule has 7 amide bonds. The second kappa shape index (κ2) is 29.4. The van der Waals surface area contributed by atoms with Crippen molar-refractivity contribution in [2.75, 3.05) is 60.8 Å². The molecule has 20 nitrogen and oxygen atoms in total. The van der Waals surface area contributed by atoms with Crippen LogP contribution in [-0.2, 0) is 53.6 Å². The lowest BCUT2D eigenvalue weighted by atomic mass is 9.94. The van der Waals surface area contributed by atoms with Crippen LogP contribution >= 0.6 is 7.60 Å². The summed E-state index contributed by atoms with van der Waals surface area (Å²) in [7, 11) is 1.27. The van der Waals surface area contributed by atoms with E-state index in [2.05, 4.69) is 33.5 Å². The molecule has 3 unspecified atom stereocenters. The van der Waals surface area contributed by atoms with Gasteiger partial charge in [-0.15, -0.1) is 0 Å². The summed E-state index contributed by atoms with van der Waals surface area (Å²) in [6.45, 7) is -0.383. The van der Waals surface area contributed by atoms with Gasteiger partial charge in [0.25, 0.3) is 0 Å². The average Bonchev–Trinajstić information content (AvgIpc) is 3.33. The maximum absolute atomic E-state index is 13.9. The molecule has 4 bridgehead atoms. The number of benzene rings is 2. The molecule has 8 N–H and O–H groups in total. The number of carbonyl (C=O) groups excluding carboxylic acids is 7. The minimum absolute atomic E-state index is 0.0564. The number of phenols is 2. The van der Waals surface area contributed by atoms with Crippen molar-refractivity contribution >= 4 is 48.9 Å². The number of rotatable bonds is 27. The fourth-order valence-corrected chi connectivity index (χ4v) is 8.44. The lowest BCUT2D eigenvalue weighted by molar-refractivity contribution is -0.141. The van der Waals surface area contributed by atoms with Gasteiger partial charge in [0, 0.05) is 52.3 Å². The van der Waals surface area contributed by atoms with E-state index in [1.165, 1.54) is 108 Å². The number of amides is 7. The number of aliphatic hydroxyl groups is 1. The number of unbranched alkanes of at least 4 members (excludes halogenated alkanes) is 12. The van der Waals surface area contributed by atoms with Crippen LogP contribution in [0.5, 0.6) is 11.5 Å². The van der Waals surface area contributed by atoms with Crippen molar-refractivity contribution in [3.05, 3.63) is 47.5 Å². The van der Waals surface area contributed by atoms with Crippen molar-refractivity contribution < 1.29 is 62.5 Å². The van der Waals surface area contributed by atoms with Gasteiger partial charge in [-0.1, -0.05) is 96.1 Å². The molecule has 0 fully saturated rings. The molecule has 378 valence electrons. The molecule has 0 aromatic heterocycles. The van der Waals surface area contributed by atoms with Crippen LogP contribution < -0.4 is 26.6 Å². The molecule has 0 spiro atoms. The fraction of sp³-hybridized carbons (Fsp3) is 0.596. The second-order valence-electron chi connectivity index (χ2n) is 16.9. The monoisotopic (exact) mass is 973 g/mol. The SMILES string of the molecule is CCCCCCCCCCCCCCCC(=O)N(C)C(CO)C(=O)NCC(=O)NCC(=O)N(C)C1C(=O)NCC(=O)NC(C(=O)NCP(=O)(OC)OC)Cc2ccc(O)c(c2)-c2cc1ccc2O. The van der Waals surface area contributed by atoms with Crippen LogP contribution in [0, 0.1) is 0 Å². The number of hydrogen-bond donors (Lipinski definition) is 8. The summed E-state index contributed by atoms with van der Waals surface area (Å²) in [6, 6.07) is 4.25. The molecule has 3 atom stereocenters. The van der Waals surface area contributed by atoms with Crippen LogP contribution in [0.15, 0.2) is 36.4 Å². The van der Waals surface area contributed by atoms with E-state index < -0.39 is 93.7 Å². The van der Waals surface area contributed by atoms with E-state index in [0.29, 0.717) is 12.0 Å². The number of carbonyl (C=O) groups is 7. The first-order chi connectivity index (χ1) is 32.5. The molecule has 0 aliphatic carbocycles. The third kappa shape index (κ3) is 18.2. The first-order valence-electron chi connectivity index (χ1n) is 23.4. The van der Waals surface area contributed by atoms with Crippen molar-refractivity contribution in [3.8, 4) is 22.6 Å². The number of aliphatic hydroxyl groups excluding tert-OH is 1. The van der Waals surface area contributed by atoms with Crippen LogP contribution in [0.4, 0.5) is 0 Å². The van der Waals surface area contributed by atoms with Gasteiger partial charge in [-0.05, 0) is 41.8 Å². The van der Waals surface area contributed by atoms with Gasteiger partial charge in [-0.25, -0.2) is 0 Å². The summed E-state index contributed by atoms with van der Waals surface area (Å²) in [4.78, 5) is 94.9. The first-order valence-corrected chi connectivity index (χ1v) is 25.1. The maximum Gasteiger partial charge on any atom is 0.349 e.